The lowest BCUT2D eigenvalue weighted by atomic mass is 10.1. The van der Waals surface area contributed by atoms with Crippen molar-refractivity contribution in [3.05, 3.63) is 71.4 Å². The van der Waals surface area contributed by atoms with Crippen LogP contribution in [-0.4, -0.2) is 12.8 Å². The molecular formula is C17H14N2O. The maximum Gasteiger partial charge on any atom is 0.189 e. The summed E-state index contributed by atoms with van der Waals surface area (Å²) < 4.78 is 0. The summed E-state index contributed by atoms with van der Waals surface area (Å²) in [7, 11) is 2.01. The Kier molecular flexibility index (Phi) is 2.24. The number of fused-ring (bicyclic) bond motifs is 4. The first kappa shape index (κ1) is 11.3. The van der Waals surface area contributed by atoms with Gasteiger partial charge in [-0.2, -0.15) is 0 Å². The second kappa shape index (κ2) is 3.97. The van der Waals surface area contributed by atoms with Gasteiger partial charge < -0.3 is 10.2 Å². The van der Waals surface area contributed by atoms with Gasteiger partial charge in [0.25, 0.3) is 0 Å². The molecule has 4 rings (SSSR count). The minimum atomic E-state index is 0.0452. The van der Waals surface area contributed by atoms with Crippen molar-refractivity contribution in [2.45, 2.75) is 6.04 Å². The van der Waals surface area contributed by atoms with Gasteiger partial charge in [0.2, 0.25) is 0 Å². The number of rotatable bonds is 0. The topological polar surface area (TPSA) is 32.3 Å². The van der Waals surface area contributed by atoms with Crippen molar-refractivity contribution in [1.29, 1.82) is 0 Å². The molecule has 2 heterocycles. The summed E-state index contributed by atoms with van der Waals surface area (Å²) in [6.07, 6.45) is 1.75. The van der Waals surface area contributed by atoms with E-state index in [1.54, 1.807) is 6.08 Å². The van der Waals surface area contributed by atoms with Crippen molar-refractivity contribution in [3.8, 4) is 0 Å². The first-order chi connectivity index (χ1) is 9.75. The molecule has 2 aromatic rings. The van der Waals surface area contributed by atoms with Crippen LogP contribution in [0.2, 0.25) is 0 Å². The van der Waals surface area contributed by atoms with Crippen molar-refractivity contribution in [2.24, 2.45) is 0 Å². The van der Waals surface area contributed by atoms with Crippen LogP contribution in [0.15, 0.2) is 60.3 Å². The quantitative estimate of drug-likeness (QED) is 0.790. The lowest BCUT2D eigenvalue weighted by Crippen LogP contribution is -2.17. The molecular weight excluding hydrogens is 248 g/mol. The molecule has 1 atom stereocenters. The highest BCUT2D eigenvalue weighted by Gasteiger charge is 2.34. The molecule has 20 heavy (non-hydrogen) atoms. The van der Waals surface area contributed by atoms with E-state index >= 15 is 0 Å². The van der Waals surface area contributed by atoms with Crippen LogP contribution in [0.1, 0.15) is 22.0 Å². The summed E-state index contributed by atoms with van der Waals surface area (Å²) >= 11 is 0. The van der Waals surface area contributed by atoms with E-state index in [0.29, 0.717) is 0 Å². The highest BCUT2D eigenvalue weighted by molar-refractivity contribution is 6.10. The van der Waals surface area contributed by atoms with Crippen LogP contribution < -0.4 is 10.2 Å². The molecule has 0 amide bonds. The molecule has 2 aliphatic heterocycles. The molecule has 0 saturated carbocycles. The Labute approximate surface area is 117 Å². The van der Waals surface area contributed by atoms with Crippen molar-refractivity contribution in [2.75, 3.05) is 17.3 Å². The second-order valence-electron chi connectivity index (χ2n) is 5.17. The molecule has 0 radical (unpaired) electrons. The molecule has 0 aliphatic carbocycles. The number of nitrogens with one attached hydrogen (secondary N) is 1. The maximum absolute atomic E-state index is 12.4. The van der Waals surface area contributed by atoms with E-state index in [0.717, 1.165) is 22.6 Å². The van der Waals surface area contributed by atoms with Crippen LogP contribution >= 0.6 is 0 Å². The molecule has 0 fully saturated rings. The smallest absolute Gasteiger partial charge is 0.189 e. The lowest BCUT2D eigenvalue weighted by molar-refractivity contribution is 0.104. The fourth-order valence-corrected chi connectivity index (χ4v) is 3.05. The minimum absolute atomic E-state index is 0.0452. The van der Waals surface area contributed by atoms with Gasteiger partial charge in [0.15, 0.2) is 5.78 Å². The van der Waals surface area contributed by atoms with Gasteiger partial charge in [0.1, 0.15) is 0 Å². The standard InChI is InChI=1S/C17H14N2O/c1-19-14-9-5-3-7-12(14)17-15(19)10-16(20)11-6-2-4-8-13(11)18-17/h2-10,17-18H,1H3. The summed E-state index contributed by atoms with van der Waals surface area (Å²) in [4.78, 5) is 14.5. The van der Waals surface area contributed by atoms with E-state index in [4.69, 9.17) is 0 Å². The van der Waals surface area contributed by atoms with Gasteiger partial charge in [-0.1, -0.05) is 30.3 Å². The molecule has 1 N–H and O–H groups in total. The fourth-order valence-electron chi connectivity index (χ4n) is 3.05. The number of para-hydroxylation sites is 2. The molecule has 0 aromatic heterocycles. The molecule has 0 saturated heterocycles. The fraction of sp³-hybridized carbons (Fsp3) is 0.118. The van der Waals surface area contributed by atoms with Gasteiger partial charge in [-0.15, -0.1) is 0 Å². The third-order valence-electron chi connectivity index (χ3n) is 4.06. The van der Waals surface area contributed by atoms with Gasteiger partial charge >= 0.3 is 0 Å². The van der Waals surface area contributed by atoms with Crippen LogP contribution in [0.25, 0.3) is 0 Å². The Balaban J connectivity index is 1.92. The molecule has 1 unspecified atom stereocenters. The highest BCUT2D eigenvalue weighted by atomic mass is 16.1. The number of hydrogen-bond donors (Lipinski definition) is 1. The summed E-state index contributed by atoms with van der Waals surface area (Å²) in [6, 6.07) is 16.0. The number of hydrogen-bond acceptors (Lipinski definition) is 3. The van der Waals surface area contributed by atoms with E-state index in [-0.39, 0.29) is 11.8 Å². The number of carbonyl (C=O) groups is 1. The molecule has 0 spiro atoms. The van der Waals surface area contributed by atoms with Crippen LogP contribution in [0.4, 0.5) is 11.4 Å². The SMILES string of the molecule is CN1C2=CC(=O)c3ccccc3NC2c2ccccc21. The van der Waals surface area contributed by atoms with Crippen LogP contribution in [0.3, 0.4) is 0 Å². The molecule has 2 aliphatic rings. The largest absolute Gasteiger partial charge is 0.372 e. The third-order valence-corrected chi connectivity index (χ3v) is 4.06. The van der Waals surface area contributed by atoms with E-state index < -0.39 is 0 Å². The second-order valence-corrected chi connectivity index (χ2v) is 5.17. The first-order valence-electron chi connectivity index (χ1n) is 6.70. The number of ketones is 1. The van der Waals surface area contributed by atoms with Gasteiger partial charge in [0, 0.05) is 41.3 Å². The van der Waals surface area contributed by atoms with Gasteiger partial charge in [-0.3, -0.25) is 4.79 Å². The normalized spacial score (nSPS) is 19.4. The Morgan fingerprint density at radius 3 is 2.70 bits per heavy atom. The predicted molar refractivity (Wildman–Crippen MR) is 80.1 cm³/mol. The van der Waals surface area contributed by atoms with Crippen molar-refractivity contribution >= 4 is 17.2 Å². The minimum Gasteiger partial charge on any atom is -0.372 e. The highest BCUT2D eigenvalue weighted by Crippen LogP contribution is 2.44. The molecule has 2 aromatic carbocycles. The van der Waals surface area contributed by atoms with Gasteiger partial charge in [-0.25, -0.2) is 0 Å². The zero-order chi connectivity index (χ0) is 13.7. The van der Waals surface area contributed by atoms with Crippen molar-refractivity contribution in [1.82, 2.24) is 0 Å². The van der Waals surface area contributed by atoms with Crippen molar-refractivity contribution < 1.29 is 4.79 Å². The maximum atomic E-state index is 12.4. The summed E-state index contributed by atoms with van der Waals surface area (Å²) in [6.45, 7) is 0. The third kappa shape index (κ3) is 1.43. The van der Waals surface area contributed by atoms with Crippen LogP contribution in [0, 0.1) is 0 Å². The molecule has 0 bridgehead atoms. The van der Waals surface area contributed by atoms with E-state index in [1.165, 1.54) is 5.56 Å². The van der Waals surface area contributed by atoms with Gasteiger partial charge in [0.05, 0.1) is 6.04 Å². The number of anilines is 2. The average Bonchev–Trinajstić information content (AvgIpc) is 2.65. The molecule has 98 valence electrons. The molecule has 3 nitrogen and oxygen atoms in total. The van der Waals surface area contributed by atoms with Crippen LogP contribution in [0.5, 0.6) is 0 Å². The summed E-state index contributed by atoms with van der Waals surface area (Å²) in [5.41, 5.74) is 5.01. The lowest BCUT2D eigenvalue weighted by Gasteiger charge is -2.18. The van der Waals surface area contributed by atoms with E-state index in [2.05, 4.69) is 22.3 Å². The number of carbonyl (C=O) groups excluding carboxylic acids is 1. The average molecular weight is 262 g/mol. The number of likely N-dealkylation sites (N-methyl/N-ethyl adjacent to an activating group) is 1. The van der Waals surface area contributed by atoms with Crippen LogP contribution in [-0.2, 0) is 0 Å². The van der Waals surface area contributed by atoms with Gasteiger partial charge in [-0.05, 0) is 18.2 Å². The predicted octanol–water partition coefficient (Wildman–Crippen LogP) is 3.37. The summed E-state index contributed by atoms with van der Waals surface area (Å²) in [5.74, 6) is 0.0604. The zero-order valence-corrected chi connectivity index (χ0v) is 11.1. The number of nitrogens with zero attached hydrogens (tertiary/aromatic N) is 1. The Bertz CT molecular complexity index is 748. The Hall–Kier alpha value is -2.55. The monoisotopic (exact) mass is 262 g/mol. The zero-order valence-electron chi connectivity index (χ0n) is 11.1. The first-order valence-corrected chi connectivity index (χ1v) is 6.70. The number of benzene rings is 2. The number of allylic oxidation sites excluding steroid dienone is 1. The van der Waals surface area contributed by atoms with E-state index in [1.807, 2.05) is 43.4 Å². The Morgan fingerprint density at radius 1 is 1.05 bits per heavy atom. The molecule has 3 heteroatoms. The van der Waals surface area contributed by atoms with Crippen molar-refractivity contribution in [3.63, 3.8) is 0 Å². The Morgan fingerprint density at radius 2 is 1.80 bits per heavy atom. The summed E-state index contributed by atoms with van der Waals surface area (Å²) in [5, 5.41) is 3.51. The van der Waals surface area contributed by atoms with E-state index in [9.17, 15) is 4.79 Å².